The van der Waals surface area contributed by atoms with Crippen LogP contribution < -0.4 is 0 Å². The van der Waals surface area contributed by atoms with Crippen LogP contribution in [0.4, 0.5) is 0 Å². The molecule has 0 N–H and O–H groups in total. The summed E-state index contributed by atoms with van der Waals surface area (Å²) in [5.41, 5.74) is 1.13. The highest BCUT2D eigenvalue weighted by Crippen LogP contribution is 2.12. The maximum Gasteiger partial charge on any atom is 0.177 e. The first-order valence-corrected chi connectivity index (χ1v) is 4.40. The van der Waals surface area contributed by atoms with E-state index in [1.807, 2.05) is 0 Å². The molecule has 15 heavy (non-hydrogen) atoms. The Morgan fingerprint density at radius 3 is 2.80 bits per heavy atom. The number of Topliss-reactive ketones (excluding diaryl/α,β-unsaturated/α-hetero) is 1. The normalized spacial score (nSPS) is 9.80. The topological polar surface area (TPSA) is 57.9 Å². The summed E-state index contributed by atoms with van der Waals surface area (Å²) in [5, 5.41) is 8.42. The predicted octanol–water partition coefficient (Wildman–Crippen LogP) is 2.00. The van der Waals surface area contributed by atoms with Crippen LogP contribution in [0.25, 0.3) is 6.08 Å². The molecule has 1 aromatic rings. The first-order chi connectivity index (χ1) is 7.29. The molecule has 3 heteroatoms. The number of nitrogens with zero attached hydrogens (tertiary/aromatic N) is 1. The van der Waals surface area contributed by atoms with Crippen molar-refractivity contribution in [1.82, 2.24) is 0 Å². The molecule has 0 unspecified atom stereocenters. The number of carbonyl (C=O) groups is 2. The second-order valence-electron chi connectivity index (χ2n) is 2.84. The minimum Gasteiger partial charge on any atom is -0.299 e. The second-order valence-corrected chi connectivity index (χ2v) is 2.84. The number of carbonyl (C=O) groups excluding carboxylic acids is 2. The van der Waals surface area contributed by atoms with Gasteiger partial charge in [-0.15, -0.1) is 0 Å². The maximum absolute atomic E-state index is 11.5. The van der Waals surface area contributed by atoms with Gasteiger partial charge in [-0.3, -0.25) is 9.59 Å². The van der Waals surface area contributed by atoms with Gasteiger partial charge in [-0.25, -0.2) is 0 Å². The van der Waals surface area contributed by atoms with Gasteiger partial charge in [0.05, 0.1) is 12.5 Å². The third kappa shape index (κ3) is 2.89. The van der Waals surface area contributed by atoms with E-state index < -0.39 is 0 Å². The van der Waals surface area contributed by atoms with Crippen LogP contribution >= 0.6 is 0 Å². The Balaban J connectivity index is 3.06. The lowest BCUT2D eigenvalue weighted by Crippen LogP contribution is -1.99. The number of hydrogen-bond acceptors (Lipinski definition) is 3. The summed E-state index contributed by atoms with van der Waals surface area (Å²) in [6.07, 6.45) is 3.37. The molecule has 0 aliphatic carbocycles. The van der Waals surface area contributed by atoms with Crippen molar-refractivity contribution in [2.24, 2.45) is 0 Å². The fourth-order valence-corrected chi connectivity index (χ4v) is 1.21. The van der Waals surface area contributed by atoms with Gasteiger partial charge in [-0.2, -0.15) is 5.26 Å². The highest BCUT2D eigenvalue weighted by molar-refractivity contribution is 6.00. The number of rotatable bonds is 4. The molecule has 0 aromatic heterocycles. The number of allylic oxidation sites excluding steroid dienone is 1. The van der Waals surface area contributed by atoms with Crippen LogP contribution in [0.1, 0.15) is 22.3 Å². The van der Waals surface area contributed by atoms with Gasteiger partial charge in [0.2, 0.25) is 0 Å². The van der Waals surface area contributed by atoms with E-state index in [4.69, 9.17) is 5.26 Å². The smallest absolute Gasteiger partial charge is 0.177 e. The van der Waals surface area contributed by atoms with Crippen LogP contribution in [0.15, 0.2) is 30.3 Å². The number of aldehydes is 1. The molecule has 0 amide bonds. The third-order valence-electron chi connectivity index (χ3n) is 1.86. The van der Waals surface area contributed by atoms with E-state index in [2.05, 4.69) is 0 Å². The van der Waals surface area contributed by atoms with E-state index in [-0.39, 0.29) is 12.2 Å². The molecule has 0 aliphatic heterocycles. The molecule has 0 spiro atoms. The minimum atomic E-state index is -0.233. The van der Waals surface area contributed by atoms with E-state index in [0.717, 1.165) is 0 Å². The van der Waals surface area contributed by atoms with E-state index in [1.165, 1.54) is 6.08 Å². The van der Waals surface area contributed by atoms with Gasteiger partial charge in [0.25, 0.3) is 0 Å². The molecule has 0 fully saturated rings. The third-order valence-corrected chi connectivity index (χ3v) is 1.86. The first kappa shape index (κ1) is 10.9. The first-order valence-electron chi connectivity index (χ1n) is 4.40. The van der Waals surface area contributed by atoms with Crippen molar-refractivity contribution in [1.29, 1.82) is 5.26 Å². The fourth-order valence-electron chi connectivity index (χ4n) is 1.21. The molecular weight excluding hydrogens is 190 g/mol. The molecule has 0 saturated heterocycles. The van der Waals surface area contributed by atoms with Crippen LogP contribution in [0.2, 0.25) is 0 Å². The van der Waals surface area contributed by atoms with E-state index in [1.54, 1.807) is 36.4 Å². The zero-order valence-corrected chi connectivity index (χ0v) is 8.01. The molecule has 0 heterocycles. The Kier molecular flexibility index (Phi) is 3.99. The average Bonchev–Trinajstić information content (AvgIpc) is 2.27. The van der Waals surface area contributed by atoms with Crippen molar-refractivity contribution < 1.29 is 9.59 Å². The summed E-state index contributed by atoms with van der Waals surface area (Å²) >= 11 is 0. The quantitative estimate of drug-likeness (QED) is 0.423. The molecule has 0 radical (unpaired) electrons. The Bertz CT molecular complexity index is 441. The van der Waals surface area contributed by atoms with Crippen LogP contribution in [-0.4, -0.2) is 12.1 Å². The highest BCUT2D eigenvalue weighted by atomic mass is 16.1. The zero-order valence-electron chi connectivity index (χ0n) is 8.01. The highest BCUT2D eigenvalue weighted by Gasteiger charge is 2.07. The molecular formula is C12H9NO2. The van der Waals surface area contributed by atoms with Gasteiger partial charge in [0, 0.05) is 5.56 Å². The Morgan fingerprint density at radius 1 is 1.40 bits per heavy atom. The zero-order chi connectivity index (χ0) is 11.1. The number of nitriles is 1. The van der Waals surface area contributed by atoms with Gasteiger partial charge in [0.15, 0.2) is 5.78 Å². The average molecular weight is 199 g/mol. The van der Waals surface area contributed by atoms with Crippen molar-refractivity contribution >= 4 is 18.1 Å². The molecule has 3 nitrogen and oxygen atoms in total. The predicted molar refractivity (Wildman–Crippen MR) is 56.1 cm³/mol. The molecule has 74 valence electrons. The van der Waals surface area contributed by atoms with E-state index >= 15 is 0 Å². The van der Waals surface area contributed by atoms with Gasteiger partial charge >= 0.3 is 0 Å². The van der Waals surface area contributed by atoms with Crippen LogP contribution in [0.5, 0.6) is 0 Å². The lowest BCUT2D eigenvalue weighted by molar-refractivity contribution is -0.104. The van der Waals surface area contributed by atoms with Crippen LogP contribution in [-0.2, 0) is 4.79 Å². The standard InChI is InChI=1S/C12H9NO2/c13-8-7-12(15)11-6-2-1-4-10(11)5-3-9-14/h1-6,9H,7H2. The van der Waals surface area contributed by atoms with Crippen molar-refractivity contribution in [2.75, 3.05) is 0 Å². The number of ketones is 1. The Hall–Kier alpha value is -2.21. The van der Waals surface area contributed by atoms with Crippen molar-refractivity contribution in [3.63, 3.8) is 0 Å². The summed E-state index contributed by atoms with van der Waals surface area (Å²) in [6, 6.07) is 8.67. The van der Waals surface area contributed by atoms with Crippen molar-refractivity contribution in [2.45, 2.75) is 6.42 Å². The summed E-state index contributed by atoms with van der Waals surface area (Å²) in [7, 11) is 0. The van der Waals surface area contributed by atoms with Gasteiger partial charge in [0.1, 0.15) is 6.29 Å². The second kappa shape index (κ2) is 5.51. The lowest BCUT2D eigenvalue weighted by atomic mass is 10.0. The molecule has 1 rings (SSSR count). The van der Waals surface area contributed by atoms with Gasteiger partial charge in [-0.05, 0) is 11.6 Å². The number of hydrogen-bond donors (Lipinski definition) is 0. The molecule has 0 bridgehead atoms. The molecule has 1 aromatic carbocycles. The SMILES string of the molecule is N#CCC(=O)c1ccccc1C=CC=O. The van der Waals surface area contributed by atoms with Crippen molar-refractivity contribution in [3.8, 4) is 6.07 Å². The van der Waals surface area contributed by atoms with Crippen LogP contribution in [0, 0.1) is 11.3 Å². The van der Waals surface area contributed by atoms with Gasteiger partial charge < -0.3 is 0 Å². The number of benzene rings is 1. The lowest BCUT2D eigenvalue weighted by Gasteiger charge is -2.01. The maximum atomic E-state index is 11.5. The Morgan fingerprint density at radius 2 is 2.13 bits per heavy atom. The monoisotopic (exact) mass is 199 g/mol. The summed E-state index contributed by atoms with van der Waals surface area (Å²) in [4.78, 5) is 21.6. The largest absolute Gasteiger partial charge is 0.299 e. The fraction of sp³-hybridized carbons (Fsp3) is 0.0833. The minimum absolute atomic E-state index is 0.147. The van der Waals surface area contributed by atoms with Crippen molar-refractivity contribution in [3.05, 3.63) is 41.5 Å². The summed E-state index contributed by atoms with van der Waals surface area (Å²) in [6.45, 7) is 0. The van der Waals surface area contributed by atoms with E-state index in [9.17, 15) is 9.59 Å². The molecule has 0 atom stereocenters. The van der Waals surface area contributed by atoms with E-state index in [0.29, 0.717) is 17.4 Å². The van der Waals surface area contributed by atoms with Crippen LogP contribution in [0.3, 0.4) is 0 Å². The van der Waals surface area contributed by atoms with Gasteiger partial charge in [-0.1, -0.05) is 30.3 Å². The Labute approximate surface area is 87.6 Å². The summed E-state index contributed by atoms with van der Waals surface area (Å²) in [5.74, 6) is -0.233. The molecule has 0 aliphatic rings. The summed E-state index contributed by atoms with van der Waals surface area (Å²) < 4.78 is 0. The molecule has 0 saturated carbocycles.